The highest BCUT2D eigenvalue weighted by molar-refractivity contribution is 5.85. The Morgan fingerprint density at radius 2 is 1.76 bits per heavy atom. The largest absolute Gasteiger partial charge is 0.550 e. The highest BCUT2D eigenvalue weighted by Gasteiger charge is 2.41. The van der Waals surface area contributed by atoms with Gasteiger partial charge in [0.2, 0.25) is 0 Å². The molecule has 116 valence electrons. The minimum atomic E-state index is -1.29. The first-order valence-electron chi connectivity index (χ1n) is 6.71. The lowest BCUT2D eigenvalue weighted by Crippen LogP contribution is -2.47. The molecule has 1 aliphatic rings. The third-order valence-corrected chi connectivity index (χ3v) is 4.00. The molecule has 0 saturated carbocycles. The highest BCUT2D eigenvalue weighted by Crippen LogP contribution is 2.35. The monoisotopic (exact) mass is 312 g/mol. The molecular formula is C15H19ClNO4-. The van der Waals surface area contributed by atoms with Crippen LogP contribution >= 0.6 is 12.4 Å². The van der Waals surface area contributed by atoms with Crippen molar-refractivity contribution in [1.82, 2.24) is 4.90 Å². The summed E-state index contributed by atoms with van der Waals surface area (Å²) in [6.07, 6.45) is 0.299. The molecule has 5 nitrogen and oxygen atoms in total. The third-order valence-electron chi connectivity index (χ3n) is 4.00. The summed E-state index contributed by atoms with van der Waals surface area (Å²) in [5.41, 5.74) is 0.0154. The zero-order chi connectivity index (χ0) is 14.6. The maximum atomic E-state index is 11.4. The number of piperidine rings is 1. The van der Waals surface area contributed by atoms with Gasteiger partial charge in [-0.3, -0.25) is 9.69 Å². The molecular weight excluding hydrogens is 294 g/mol. The molecule has 2 rings (SSSR count). The number of carboxylic acid groups (broad SMARTS) is 2. The lowest BCUT2D eigenvalue weighted by Gasteiger charge is -2.39. The van der Waals surface area contributed by atoms with Gasteiger partial charge in [0.1, 0.15) is 0 Å². The number of hydrogen-bond acceptors (Lipinski definition) is 4. The molecule has 0 spiro atoms. The second kappa shape index (κ2) is 7.43. The number of hydrogen-bond donors (Lipinski definition) is 1. The van der Waals surface area contributed by atoms with Crippen molar-refractivity contribution in [2.45, 2.75) is 25.8 Å². The molecule has 0 atom stereocenters. The minimum absolute atomic E-state index is 0. The van der Waals surface area contributed by atoms with E-state index < -0.39 is 23.8 Å². The molecule has 0 bridgehead atoms. The first kappa shape index (κ1) is 17.5. The number of rotatable bonds is 5. The summed E-state index contributed by atoms with van der Waals surface area (Å²) in [6, 6.07) is 9.95. The number of nitrogens with zero attached hydrogens (tertiary/aromatic N) is 1. The topological polar surface area (TPSA) is 80.7 Å². The number of likely N-dealkylation sites (tertiary alicyclic amines) is 1. The Kier molecular flexibility index (Phi) is 6.18. The Bertz CT molecular complexity index is 484. The Morgan fingerprint density at radius 3 is 2.24 bits per heavy atom. The van der Waals surface area contributed by atoms with Gasteiger partial charge in [-0.15, -0.1) is 12.4 Å². The van der Waals surface area contributed by atoms with Crippen molar-refractivity contribution in [3.8, 4) is 0 Å². The van der Waals surface area contributed by atoms with Crippen LogP contribution in [0.4, 0.5) is 0 Å². The third kappa shape index (κ3) is 4.44. The van der Waals surface area contributed by atoms with Crippen LogP contribution in [0.15, 0.2) is 30.3 Å². The maximum Gasteiger partial charge on any atom is 0.310 e. The molecule has 0 aliphatic carbocycles. The van der Waals surface area contributed by atoms with Crippen molar-refractivity contribution in [2.75, 3.05) is 13.1 Å². The molecule has 1 N–H and O–H groups in total. The predicted octanol–water partition coefficient (Wildman–Crippen LogP) is 0.915. The fourth-order valence-corrected chi connectivity index (χ4v) is 2.72. The summed E-state index contributed by atoms with van der Waals surface area (Å²) < 4.78 is 0. The summed E-state index contributed by atoms with van der Waals surface area (Å²) in [4.78, 5) is 24.3. The first-order valence-corrected chi connectivity index (χ1v) is 6.71. The van der Waals surface area contributed by atoms with E-state index in [-0.39, 0.29) is 12.4 Å². The van der Waals surface area contributed by atoms with Crippen molar-refractivity contribution in [3.05, 3.63) is 35.9 Å². The Balaban J connectivity index is 0.00000220. The van der Waals surface area contributed by atoms with Gasteiger partial charge in [0.25, 0.3) is 0 Å². The van der Waals surface area contributed by atoms with Crippen LogP contribution in [0, 0.1) is 5.41 Å². The smallest absolute Gasteiger partial charge is 0.310 e. The summed E-state index contributed by atoms with van der Waals surface area (Å²) in [5.74, 6) is -2.31. The predicted molar refractivity (Wildman–Crippen MR) is 77.9 cm³/mol. The summed E-state index contributed by atoms with van der Waals surface area (Å²) in [7, 11) is 0. The lowest BCUT2D eigenvalue weighted by molar-refractivity contribution is -0.308. The fraction of sp³-hybridized carbons (Fsp3) is 0.467. The van der Waals surface area contributed by atoms with Crippen LogP contribution in [-0.4, -0.2) is 35.0 Å². The Labute approximate surface area is 130 Å². The number of carbonyl (C=O) groups excluding carboxylic acids is 1. The van der Waals surface area contributed by atoms with E-state index in [4.69, 9.17) is 0 Å². The molecule has 6 heteroatoms. The van der Waals surface area contributed by atoms with Crippen molar-refractivity contribution in [2.24, 2.45) is 5.41 Å². The standard InChI is InChI=1S/C15H19NO4.ClH/c17-13(18)10-15(14(19)20)6-8-16(9-7-15)11-12-4-2-1-3-5-12;/h1-5H,6-11H2,(H,17,18)(H,19,20);1H/p-1. The molecule has 0 unspecified atom stereocenters. The number of benzene rings is 1. The van der Waals surface area contributed by atoms with Crippen LogP contribution in [0.5, 0.6) is 0 Å². The molecule has 0 radical (unpaired) electrons. The Morgan fingerprint density at radius 1 is 1.19 bits per heavy atom. The van der Waals surface area contributed by atoms with Gasteiger partial charge in [-0.25, -0.2) is 0 Å². The van der Waals surface area contributed by atoms with E-state index in [9.17, 15) is 19.8 Å². The molecule has 1 aliphatic heterocycles. The zero-order valence-corrected chi connectivity index (χ0v) is 12.5. The normalized spacial score (nSPS) is 17.7. The number of carboxylic acids is 2. The SMILES string of the molecule is Cl.O=C([O-])CC1(C(=O)O)CCN(Cc2ccccc2)CC1. The number of halogens is 1. The second-order valence-corrected chi connectivity index (χ2v) is 5.40. The van der Waals surface area contributed by atoms with E-state index in [1.807, 2.05) is 30.3 Å². The van der Waals surface area contributed by atoms with Gasteiger partial charge in [-0.1, -0.05) is 30.3 Å². The summed E-state index contributed by atoms with van der Waals surface area (Å²) in [6.45, 7) is 1.95. The quantitative estimate of drug-likeness (QED) is 0.874. The minimum Gasteiger partial charge on any atom is -0.550 e. The van der Waals surface area contributed by atoms with E-state index in [0.717, 1.165) is 6.54 Å². The van der Waals surface area contributed by atoms with E-state index in [0.29, 0.717) is 25.9 Å². The number of aliphatic carboxylic acids is 2. The lowest BCUT2D eigenvalue weighted by atomic mass is 9.75. The van der Waals surface area contributed by atoms with Crippen LogP contribution in [0.3, 0.4) is 0 Å². The van der Waals surface area contributed by atoms with Crippen LogP contribution in [0.25, 0.3) is 0 Å². The average Bonchev–Trinajstić information content (AvgIpc) is 2.41. The van der Waals surface area contributed by atoms with Crippen LogP contribution in [-0.2, 0) is 16.1 Å². The van der Waals surface area contributed by atoms with Crippen molar-refractivity contribution in [3.63, 3.8) is 0 Å². The second-order valence-electron chi connectivity index (χ2n) is 5.40. The van der Waals surface area contributed by atoms with E-state index >= 15 is 0 Å². The molecule has 1 heterocycles. The molecule has 21 heavy (non-hydrogen) atoms. The van der Waals surface area contributed by atoms with Gasteiger partial charge >= 0.3 is 5.97 Å². The van der Waals surface area contributed by atoms with Gasteiger partial charge in [-0.05, 0) is 31.5 Å². The van der Waals surface area contributed by atoms with E-state index in [1.54, 1.807) is 0 Å². The van der Waals surface area contributed by atoms with Crippen LogP contribution in [0.1, 0.15) is 24.8 Å². The molecule has 0 amide bonds. The maximum absolute atomic E-state index is 11.4. The van der Waals surface area contributed by atoms with Gasteiger partial charge in [0.15, 0.2) is 0 Å². The van der Waals surface area contributed by atoms with Crippen molar-refractivity contribution in [1.29, 1.82) is 0 Å². The highest BCUT2D eigenvalue weighted by atomic mass is 35.5. The zero-order valence-electron chi connectivity index (χ0n) is 11.7. The molecule has 1 saturated heterocycles. The van der Waals surface area contributed by atoms with Gasteiger partial charge in [-0.2, -0.15) is 0 Å². The molecule has 0 aromatic heterocycles. The molecule has 1 fully saturated rings. The number of carbonyl (C=O) groups is 2. The molecule has 1 aromatic rings. The van der Waals surface area contributed by atoms with Gasteiger partial charge in [0, 0.05) is 18.9 Å². The van der Waals surface area contributed by atoms with E-state index in [1.165, 1.54) is 5.56 Å². The van der Waals surface area contributed by atoms with Crippen LogP contribution < -0.4 is 5.11 Å². The molecule has 1 aromatic carbocycles. The van der Waals surface area contributed by atoms with Crippen LogP contribution in [0.2, 0.25) is 0 Å². The van der Waals surface area contributed by atoms with Crippen molar-refractivity contribution >= 4 is 24.3 Å². The van der Waals surface area contributed by atoms with Gasteiger partial charge in [0.05, 0.1) is 5.41 Å². The van der Waals surface area contributed by atoms with E-state index in [2.05, 4.69) is 4.90 Å². The fourth-order valence-electron chi connectivity index (χ4n) is 2.72. The van der Waals surface area contributed by atoms with Gasteiger partial charge < -0.3 is 15.0 Å². The first-order chi connectivity index (χ1) is 9.52. The van der Waals surface area contributed by atoms with Crippen molar-refractivity contribution < 1.29 is 19.8 Å². The Hall–Kier alpha value is -1.59. The average molecular weight is 313 g/mol. The summed E-state index contributed by atoms with van der Waals surface area (Å²) in [5, 5.41) is 20.1. The summed E-state index contributed by atoms with van der Waals surface area (Å²) >= 11 is 0.